The topological polar surface area (TPSA) is 0 Å². The van der Waals surface area contributed by atoms with E-state index in [9.17, 15) is 0 Å². The molecule has 0 nitrogen and oxygen atoms in total. The van der Waals surface area contributed by atoms with Gasteiger partial charge in [-0.25, -0.2) is 0 Å². The Morgan fingerprint density at radius 1 is 0.579 bits per heavy atom. The fraction of sp³-hybridized carbons (Fsp3) is 0.111. The number of benzene rings is 2. The van der Waals surface area contributed by atoms with Crippen molar-refractivity contribution < 1.29 is 16.5 Å². The standard InChI is InChI=1S/2C9H8.Ni/c2*1-2-5-9-7-3-6-8(9)4-1;/h2*1-6H,7H2;. The molecule has 2 aromatic carbocycles. The predicted octanol–water partition coefficient (Wildman–Crippen LogP) is 4.51. The Hall–Kier alpha value is -1.59. The van der Waals surface area contributed by atoms with E-state index in [2.05, 4.69) is 72.8 Å². The molecule has 0 bridgehead atoms. The van der Waals surface area contributed by atoms with Gasteiger partial charge in [0.15, 0.2) is 0 Å². The van der Waals surface area contributed by atoms with Crippen LogP contribution in [0, 0.1) is 0 Å². The SMILES string of the molecule is C1=Cc2ccccc2C1.C1=Cc2ccccc2C1.[Ni]. The Bertz CT molecular complexity index is 553. The van der Waals surface area contributed by atoms with E-state index in [0.717, 1.165) is 12.8 Å². The molecule has 0 saturated carbocycles. The van der Waals surface area contributed by atoms with Crippen LogP contribution in [0.15, 0.2) is 60.7 Å². The number of allylic oxidation sites excluding steroid dienone is 2. The van der Waals surface area contributed by atoms with Gasteiger partial charge in [-0.05, 0) is 35.1 Å². The Kier molecular flexibility index (Phi) is 4.76. The third kappa shape index (κ3) is 3.25. The molecule has 0 fully saturated rings. The van der Waals surface area contributed by atoms with Crippen LogP contribution in [0.2, 0.25) is 0 Å². The molecule has 0 saturated heterocycles. The van der Waals surface area contributed by atoms with Crippen LogP contribution in [0.1, 0.15) is 22.3 Å². The molecular formula is C18H16Ni. The summed E-state index contributed by atoms with van der Waals surface area (Å²) in [6, 6.07) is 17.0. The minimum atomic E-state index is 0. The summed E-state index contributed by atoms with van der Waals surface area (Å²) >= 11 is 0. The molecular weight excluding hydrogens is 275 g/mol. The maximum absolute atomic E-state index is 2.20. The van der Waals surface area contributed by atoms with Gasteiger partial charge in [0.05, 0.1) is 0 Å². The molecule has 0 spiro atoms. The van der Waals surface area contributed by atoms with Gasteiger partial charge in [0.2, 0.25) is 0 Å². The first-order valence-electron chi connectivity index (χ1n) is 6.42. The van der Waals surface area contributed by atoms with Crippen molar-refractivity contribution in [3.8, 4) is 0 Å². The van der Waals surface area contributed by atoms with Crippen LogP contribution in [0.4, 0.5) is 0 Å². The summed E-state index contributed by atoms with van der Waals surface area (Å²) in [5.74, 6) is 0. The Balaban J connectivity index is 0.000000133. The molecule has 0 N–H and O–H groups in total. The van der Waals surface area contributed by atoms with Gasteiger partial charge in [0.25, 0.3) is 0 Å². The van der Waals surface area contributed by atoms with Crippen molar-refractivity contribution in [2.24, 2.45) is 0 Å². The predicted molar refractivity (Wildman–Crippen MR) is 78.4 cm³/mol. The monoisotopic (exact) mass is 290 g/mol. The molecule has 0 unspecified atom stereocenters. The molecule has 1 heteroatoms. The summed E-state index contributed by atoms with van der Waals surface area (Å²) in [7, 11) is 0. The Morgan fingerprint density at radius 2 is 1.00 bits per heavy atom. The van der Waals surface area contributed by atoms with Crippen molar-refractivity contribution in [2.45, 2.75) is 12.8 Å². The smallest absolute Gasteiger partial charge is 0 e. The first-order chi connectivity index (χ1) is 8.93. The molecule has 0 radical (unpaired) electrons. The van der Waals surface area contributed by atoms with E-state index in [-0.39, 0.29) is 16.5 Å². The van der Waals surface area contributed by atoms with Gasteiger partial charge in [0.1, 0.15) is 0 Å². The number of rotatable bonds is 0. The summed E-state index contributed by atoms with van der Waals surface area (Å²) in [6.07, 6.45) is 11.0. The molecule has 0 aromatic heterocycles. The van der Waals surface area contributed by atoms with E-state index in [1.165, 1.54) is 22.3 Å². The van der Waals surface area contributed by atoms with E-state index in [1.54, 1.807) is 0 Å². The van der Waals surface area contributed by atoms with Crippen molar-refractivity contribution in [3.63, 3.8) is 0 Å². The summed E-state index contributed by atoms with van der Waals surface area (Å²) in [4.78, 5) is 0. The summed E-state index contributed by atoms with van der Waals surface area (Å²) < 4.78 is 0. The van der Waals surface area contributed by atoms with Crippen molar-refractivity contribution >= 4 is 12.2 Å². The first-order valence-corrected chi connectivity index (χ1v) is 6.42. The van der Waals surface area contributed by atoms with E-state index >= 15 is 0 Å². The second-order valence-corrected chi connectivity index (χ2v) is 4.61. The first kappa shape index (κ1) is 13.8. The quantitative estimate of drug-likeness (QED) is 0.626. The van der Waals surface area contributed by atoms with Crippen LogP contribution in [0.5, 0.6) is 0 Å². The summed E-state index contributed by atoms with van der Waals surface area (Å²) in [5.41, 5.74) is 5.69. The van der Waals surface area contributed by atoms with Crippen molar-refractivity contribution in [3.05, 3.63) is 82.9 Å². The van der Waals surface area contributed by atoms with Crippen molar-refractivity contribution in [2.75, 3.05) is 0 Å². The summed E-state index contributed by atoms with van der Waals surface area (Å²) in [6.45, 7) is 0. The van der Waals surface area contributed by atoms with Gasteiger partial charge in [-0.15, -0.1) is 0 Å². The average molecular weight is 291 g/mol. The van der Waals surface area contributed by atoms with Gasteiger partial charge in [0, 0.05) is 16.5 Å². The van der Waals surface area contributed by atoms with E-state index in [1.807, 2.05) is 0 Å². The van der Waals surface area contributed by atoms with Gasteiger partial charge in [-0.3, -0.25) is 0 Å². The van der Waals surface area contributed by atoms with Crippen LogP contribution >= 0.6 is 0 Å². The fourth-order valence-corrected chi connectivity index (χ4v) is 2.39. The van der Waals surface area contributed by atoms with Crippen LogP contribution < -0.4 is 0 Å². The molecule has 19 heavy (non-hydrogen) atoms. The van der Waals surface area contributed by atoms with Crippen molar-refractivity contribution in [1.82, 2.24) is 0 Å². The minimum absolute atomic E-state index is 0. The minimum Gasteiger partial charge on any atom is -0.0795 e. The van der Waals surface area contributed by atoms with Crippen LogP contribution in [-0.4, -0.2) is 0 Å². The Labute approximate surface area is 124 Å². The van der Waals surface area contributed by atoms with Crippen LogP contribution in [0.3, 0.4) is 0 Å². The molecule has 0 aliphatic heterocycles. The second-order valence-electron chi connectivity index (χ2n) is 4.61. The zero-order chi connectivity index (χ0) is 12.2. The van der Waals surface area contributed by atoms with Crippen LogP contribution in [0.25, 0.3) is 12.2 Å². The largest absolute Gasteiger partial charge is 0.0795 e. The molecule has 2 aromatic rings. The maximum atomic E-state index is 2.20. The zero-order valence-electron chi connectivity index (χ0n) is 10.7. The molecule has 0 atom stereocenters. The van der Waals surface area contributed by atoms with Gasteiger partial charge in [-0.1, -0.05) is 72.8 Å². The molecule has 4 rings (SSSR count). The third-order valence-corrected chi connectivity index (χ3v) is 3.38. The molecule has 0 amide bonds. The zero-order valence-corrected chi connectivity index (χ0v) is 11.6. The number of fused-ring (bicyclic) bond motifs is 2. The van der Waals surface area contributed by atoms with Gasteiger partial charge in [-0.2, -0.15) is 0 Å². The molecule has 2 aliphatic rings. The third-order valence-electron chi connectivity index (χ3n) is 3.38. The maximum Gasteiger partial charge on any atom is 0 e. The second kappa shape index (κ2) is 6.54. The molecule has 98 valence electrons. The Morgan fingerprint density at radius 3 is 1.42 bits per heavy atom. The molecule has 0 heterocycles. The number of hydrogen-bond acceptors (Lipinski definition) is 0. The van der Waals surface area contributed by atoms with E-state index in [4.69, 9.17) is 0 Å². The van der Waals surface area contributed by atoms with E-state index in [0.29, 0.717) is 0 Å². The fourth-order valence-electron chi connectivity index (χ4n) is 2.39. The molecule has 2 aliphatic carbocycles. The normalized spacial score (nSPS) is 13.1. The van der Waals surface area contributed by atoms with Gasteiger partial charge < -0.3 is 0 Å². The van der Waals surface area contributed by atoms with E-state index < -0.39 is 0 Å². The summed E-state index contributed by atoms with van der Waals surface area (Å²) in [5, 5.41) is 0. The average Bonchev–Trinajstić information content (AvgIpc) is 3.08. The van der Waals surface area contributed by atoms with Crippen LogP contribution in [-0.2, 0) is 29.3 Å². The number of hydrogen-bond donors (Lipinski definition) is 0. The van der Waals surface area contributed by atoms with Gasteiger partial charge >= 0.3 is 0 Å². The van der Waals surface area contributed by atoms with Crippen molar-refractivity contribution in [1.29, 1.82) is 0 Å².